The van der Waals surface area contributed by atoms with Crippen LogP contribution in [0.5, 0.6) is 0 Å². The van der Waals surface area contributed by atoms with Gasteiger partial charge in [-0.25, -0.2) is 4.79 Å². The number of aliphatic carboxylic acids is 1. The van der Waals surface area contributed by atoms with Gasteiger partial charge in [-0.05, 0) is 25.7 Å². The zero-order chi connectivity index (χ0) is 40.7. The van der Waals surface area contributed by atoms with Crippen molar-refractivity contribution >= 4 is 29.6 Å². The number of tetrazole rings is 1. The number of aromatic amines is 1. The maximum atomic E-state index is 12.3. The number of rotatable bonds is 40. The minimum Gasteiger partial charge on any atom is -0.480 e. The fraction of sp³-hybridized carbons (Fsp3) is 0.842. The molecule has 0 aliphatic rings. The van der Waals surface area contributed by atoms with Gasteiger partial charge >= 0.3 is 5.97 Å². The number of aromatic nitrogens is 4. The summed E-state index contributed by atoms with van der Waals surface area (Å²) < 4.78 is 21.2. The topological polar surface area (TPSA) is 245 Å². The van der Waals surface area contributed by atoms with Gasteiger partial charge in [0.2, 0.25) is 23.6 Å². The van der Waals surface area contributed by atoms with E-state index in [0.717, 1.165) is 50.8 Å². The van der Waals surface area contributed by atoms with Crippen molar-refractivity contribution in [2.75, 3.05) is 72.5 Å². The van der Waals surface area contributed by atoms with Crippen LogP contribution in [-0.4, -0.2) is 134 Å². The zero-order valence-corrected chi connectivity index (χ0v) is 33.8. The lowest BCUT2D eigenvalue weighted by molar-refractivity contribution is -0.142. The van der Waals surface area contributed by atoms with Gasteiger partial charge in [-0.2, -0.15) is 5.21 Å². The van der Waals surface area contributed by atoms with Crippen molar-refractivity contribution in [2.45, 2.75) is 135 Å². The summed E-state index contributed by atoms with van der Waals surface area (Å²) in [7, 11) is 0. The fourth-order valence-electron chi connectivity index (χ4n) is 5.49. The Morgan fingerprint density at radius 3 is 1.61 bits per heavy atom. The third-order valence-corrected chi connectivity index (χ3v) is 8.69. The normalized spacial score (nSPS) is 11.6. The molecule has 0 spiro atoms. The first-order valence-corrected chi connectivity index (χ1v) is 20.7. The summed E-state index contributed by atoms with van der Waals surface area (Å²) in [6.07, 6.45) is 17.9. The highest BCUT2D eigenvalue weighted by atomic mass is 16.5. The van der Waals surface area contributed by atoms with E-state index < -0.39 is 12.0 Å². The van der Waals surface area contributed by atoms with E-state index in [9.17, 15) is 29.1 Å². The van der Waals surface area contributed by atoms with E-state index in [1.54, 1.807) is 0 Å². The van der Waals surface area contributed by atoms with Crippen LogP contribution in [0.1, 0.15) is 128 Å². The monoisotopic (exact) mass is 799 g/mol. The second-order valence-corrected chi connectivity index (χ2v) is 13.7. The molecule has 0 fully saturated rings. The molecule has 1 aromatic heterocycles. The van der Waals surface area contributed by atoms with Crippen molar-refractivity contribution in [1.82, 2.24) is 41.9 Å². The molecule has 0 radical (unpaired) electrons. The predicted octanol–water partition coefficient (Wildman–Crippen LogP) is 2.77. The van der Waals surface area contributed by atoms with E-state index in [1.165, 1.54) is 51.4 Å². The SMILES string of the molecule is CCCCNC(=O)COCCOCCNC(=O)COCCOCCNC(=O)CCC(NC(=O)CCCCCCCCCCCCCCCc1nn[nH]n1)C(=O)O. The molecule has 0 saturated heterocycles. The number of unbranched alkanes of at least 4 members (excludes halogenated alkanes) is 13. The van der Waals surface area contributed by atoms with E-state index >= 15 is 0 Å². The summed E-state index contributed by atoms with van der Waals surface area (Å²) in [6.45, 7) is 4.62. The maximum Gasteiger partial charge on any atom is 0.326 e. The molecule has 6 N–H and O–H groups in total. The number of hydrogen-bond donors (Lipinski definition) is 6. The predicted molar refractivity (Wildman–Crippen MR) is 209 cm³/mol. The number of nitrogens with one attached hydrogen (secondary N) is 5. The van der Waals surface area contributed by atoms with E-state index in [-0.39, 0.29) is 89.1 Å². The molecule has 1 heterocycles. The number of hydrogen-bond acceptors (Lipinski definition) is 12. The molecule has 18 heteroatoms. The number of nitrogens with zero attached hydrogens (tertiary/aromatic N) is 3. The Kier molecular flexibility index (Phi) is 33.1. The molecule has 18 nitrogen and oxygen atoms in total. The van der Waals surface area contributed by atoms with E-state index in [4.69, 9.17) is 18.9 Å². The highest BCUT2D eigenvalue weighted by Crippen LogP contribution is 2.13. The lowest BCUT2D eigenvalue weighted by atomic mass is 10.0. The molecule has 56 heavy (non-hydrogen) atoms. The second-order valence-electron chi connectivity index (χ2n) is 13.7. The van der Waals surface area contributed by atoms with Crippen LogP contribution >= 0.6 is 0 Å². The standard InChI is InChI=1S/C38H70N8O10/c1-2-3-21-39-36(49)30-55-28-27-54-25-23-41-37(50)31-56-29-26-53-24-22-40-34(47)20-19-32(38(51)52)42-35(48)18-16-14-12-10-8-6-4-5-7-9-11-13-15-17-33-43-45-46-44-33/h32H,2-31H2,1H3,(H,39,49)(H,40,47)(H,41,50)(H,42,48)(H,51,52)(H,43,44,45,46). The zero-order valence-electron chi connectivity index (χ0n) is 33.8. The lowest BCUT2D eigenvalue weighted by Gasteiger charge is -2.14. The van der Waals surface area contributed by atoms with Gasteiger partial charge in [0.1, 0.15) is 19.3 Å². The lowest BCUT2D eigenvalue weighted by Crippen LogP contribution is -2.41. The summed E-state index contributed by atoms with van der Waals surface area (Å²) in [5.41, 5.74) is 0. The molecule has 1 aromatic rings. The summed E-state index contributed by atoms with van der Waals surface area (Å²) >= 11 is 0. The highest BCUT2D eigenvalue weighted by molar-refractivity contribution is 5.84. The van der Waals surface area contributed by atoms with Crippen LogP contribution in [0.4, 0.5) is 0 Å². The highest BCUT2D eigenvalue weighted by Gasteiger charge is 2.20. The number of carboxylic acids is 1. The van der Waals surface area contributed by atoms with Gasteiger partial charge in [0.05, 0.1) is 39.6 Å². The maximum absolute atomic E-state index is 12.3. The molecule has 0 aliphatic carbocycles. The summed E-state index contributed by atoms with van der Waals surface area (Å²) in [4.78, 5) is 59.5. The first-order chi connectivity index (χ1) is 27.3. The molecule has 322 valence electrons. The number of aryl methyl sites for hydroxylation is 1. The molecule has 0 saturated carbocycles. The Morgan fingerprint density at radius 1 is 0.589 bits per heavy atom. The Balaban J connectivity index is 1.89. The van der Waals surface area contributed by atoms with E-state index in [2.05, 4.69) is 48.8 Å². The molecule has 4 amide bonds. The molecule has 0 bridgehead atoms. The van der Waals surface area contributed by atoms with Crippen molar-refractivity contribution in [3.05, 3.63) is 5.82 Å². The van der Waals surface area contributed by atoms with Crippen LogP contribution in [0.2, 0.25) is 0 Å². The smallest absolute Gasteiger partial charge is 0.326 e. The number of H-pyrrole nitrogens is 1. The summed E-state index contributed by atoms with van der Waals surface area (Å²) in [5, 5.41) is 34.1. The molecular formula is C38H70N8O10. The van der Waals surface area contributed by atoms with Crippen molar-refractivity contribution < 1.29 is 48.0 Å². The molecule has 0 aliphatic heterocycles. The Morgan fingerprint density at radius 2 is 1.09 bits per heavy atom. The molecule has 1 atom stereocenters. The minimum atomic E-state index is -1.17. The average molecular weight is 799 g/mol. The van der Waals surface area contributed by atoms with Gasteiger partial charge in [0.15, 0.2) is 5.82 Å². The van der Waals surface area contributed by atoms with Gasteiger partial charge in [0, 0.05) is 38.9 Å². The average Bonchev–Trinajstić information content (AvgIpc) is 3.70. The molecule has 1 rings (SSSR count). The summed E-state index contributed by atoms with van der Waals surface area (Å²) in [5.74, 6) is -1.47. The van der Waals surface area contributed by atoms with Crippen LogP contribution in [0.25, 0.3) is 0 Å². The van der Waals surface area contributed by atoms with Crippen LogP contribution in [0, 0.1) is 0 Å². The van der Waals surface area contributed by atoms with Crippen molar-refractivity contribution in [3.63, 3.8) is 0 Å². The molecule has 1 unspecified atom stereocenters. The molecular weight excluding hydrogens is 728 g/mol. The van der Waals surface area contributed by atoms with E-state index in [1.807, 2.05) is 0 Å². The number of amides is 4. The first kappa shape index (κ1) is 50.3. The first-order valence-electron chi connectivity index (χ1n) is 20.7. The Labute approximate surface area is 332 Å². The largest absolute Gasteiger partial charge is 0.480 e. The number of carbonyl (C=O) groups is 5. The Bertz CT molecular complexity index is 1150. The Hall–Kier alpha value is -3.74. The summed E-state index contributed by atoms with van der Waals surface area (Å²) in [6, 6.07) is -1.12. The van der Waals surface area contributed by atoms with Gasteiger partial charge in [-0.3, -0.25) is 19.2 Å². The second kappa shape index (κ2) is 36.9. The van der Waals surface area contributed by atoms with Crippen molar-refractivity contribution in [3.8, 4) is 0 Å². The van der Waals surface area contributed by atoms with Gasteiger partial charge in [-0.1, -0.05) is 89.2 Å². The minimum absolute atomic E-state index is 0.00699. The number of carbonyl (C=O) groups excluding carboxylic acids is 4. The van der Waals surface area contributed by atoms with Crippen LogP contribution in [-0.2, 0) is 49.3 Å². The van der Waals surface area contributed by atoms with Crippen LogP contribution in [0.3, 0.4) is 0 Å². The van der Waals surface area contributed by atoms with Crippen LogP contribution in [0.15, 0.2) is 0 Å². The van der Waals surface area contributed by atoms with E-state index in [0.29, 0.717) is 32.7 Å². The quantitative estimate of drug-likeness (QED) is 0.0524. The van der Waals surface area contributed by atoms with Gasteiger partial charge in [-0.15, -0.1) is 10.2 Å². The molecule has 0 aromatic carbocycles. The third kappa shape index (κ3) is 32.5. The van der Waals surface area contributed by atoms with Crippen molar-refractivity contribution in [2.24, 2.45) is 0 Å². The third-order valence-electron chi connectivity index (χ3n) is 8.69. The fourth-order valence-corrected chi connectivity index (χ4v) is 5.49. The number of carboxylic acid groups (broad SMARTS) is 1. The van der Waals surface area contributed by atoms with Gasteiger partial charge < -0.3 is 45.3 Å². The number of ether oxygens (including phenoxy) is 4. The van der Waals surface area contributed by atoms with Crippen LogP contribution < -0.4 is 21.3 Å². The van der Waals surface area contributed by atoms with Gasteiger partial charge in [0.25, 0.3) is 0 Å². The van der Waals surface area contributed by atoms with Crippen molar-refractivity contribution in [1.29, 1.82) is 0 Å².